The van der Waals surface area contributed by atoms with Gasteiger partial charge in [-0.05, 0) is 50.1 Å². The van der Waals surface area contributed by atoms with E-state index in [0.29, 0.717) is 33.3 Å². The van der Waals surface area contributed by atoms with Crippen LogP contribution in [0.3, 0.4) is 0 Å². The van der Waals surface area contributed by atoms with E-state index >= 15 is 0 Å². The number of aryl methyl sites for hydroxylation is 1. The number of aromatic nitrogens is 1. The van der Waals surface area contributed by atoms with Gasteiger partial charge in [0, 0.05) is 5.56 Å². The third kappa shape index (κ3) is 3.70. The molecule has 1 fully saturated rings. The average molecular weight is 469 g/mol. The highest BCUT2D eigenvalue weighted by Crippen LogP contribution is 2.64. The second-order valence-electron chi connectivity index (χ2n) is 7.25. The second kappa shape index (κ2) is 7.13. The molecule has 1 heterocycles. The Morgan fingerprint density at radius 3 is 2.55 bits per heavy atom. The SMILES string of the molecule is Cc1cccc(Cl)c1NC(=O)c1ccc2nc(NC(=O)C3(C)CC3(Cl)Cl)sc2c1. The minimum atomic E-state index is -1.05. The summed E-state index contributed by atoms with van der Waals surface area (Å²) < 4.78 is -0.275. The summed E-state index contributed by atoms with van der Waals surface area (Å²) in [6.45, 7) is 3.59. The molecule has 1 atom stereocenters. The van der Waals surface area contributed by atoms with Crippen LogP contribution in [0.5, 0.6) is 0 Å². The largest absolute Gasteiger partial charge is 0.320 e. The fourth-order valence-corrected chi connectivity index (χ4v) is 4.85. The molecule has 1 aliphatic rings. The smallest absolute Gasteiger partial charge is 0.255 e. The van der Waals surface area contributed by atoms with Gasteiger partial charge in [0.25, 0.3) is 5.91 Å². The summed E-state index contributed by atoms with van der Waals surface area (Å²) in [7, 11) is 0. The van der Waals surface area contributed by atoms with Crippen molar-refractivity contribution in [3.8, 4) is 0 Å². The van der Waals surface area contributed by atoms with Crippen LogP contribution in [0.4, 0.5) is 10.8 Å². The van der Waals surface area contributed by atoms with Crippen LogP contribution in [-0.2, 0) is 4.79 Å². The van der Waals surface area contributed by atoms with Crippen molar-refractivity contribution in [2.75, 3.05) is 10.6 Å². The lowest BCUT2D eigenvalue weighted by atomic mass is 10.1. The molecule has 3 aromatic rings. The van der Waals surface area contributed by atoms with Gasteiger partial charge >= 0.3 is 0 Å². The summed E-state index contributed by atoms with van der Waals surface area (Å²) in [6.07, 6.45) is 0.394. The van der Waals surface area contributed by atoms with Crippen molar-refractivity contribution in [2.24, 2.45) is 5.41 Å². The zero-order valence-corrected chi connectivity index (χ0v) is 18.6. The number of rotatable bonds is 4. The van der Waals surface area contributed by atoms with E-state index in [4.69, 9.17) is 34.8 Å². The highest BCUT2D eigenvalue weighted by molar-refractivity contribution is 7.22. The number of carbonyl (C=O) groups excluding carboxylic acids is 2. The summed E-state index contributed by atoms with van der Waals surface area (Å²) in [5.41, 5.74) is 1.77. The lowest BCUT2D eigenvalue weighted by Crippen LogP contribution is -2.25. The number of nitrogens with zero attached hydrogens (tertiary/aromatic N) is 1. The fraction of sp³-hybridized carbons (Fsp3) is 0.250. The number of anilines is 2. The Kier molecular flexibility index (Phi) is 5.02. The molecule has 1 aromatic heterocycles. The molecule has 0 aliphatic heterocycles. The third-order valence-corrected chi connectivity index (χ3v) is 7.44. The first-order chi connectivity index (χ1) is 13.6. The second-order valence-corrected chi connectivity index (χ2v) is 10.2. The molecule has 0 saturated heterocycles. The predicted molar refractivity (Wildman–Crippen MR) is 120 cm³/mol. The number of amides is 2. The number of hydrogen-bond donors (Lipinski definition) is 2. The minimum absolute atomic E-state index is 0.270. The maximum atomic E-state index is 12.7. The van der Waals surface area contributed by atoms with Gasteiger partial charge < -0.3 is 10.6 Å². The van der Waals surface area contributed by atoms with Gasteiger partial charge in [0.15, 0.2) is 5.13 Å². The predicted octanol–water partition coefficient (Wildman–Crippen LogP) is 6.03. The molecule has 0 spiro atoms. The average Bonchev–Trinajstić information content (AvgIpc) is 2.99. The molecule has 1 aliphatic carbocycles. The van der Waals surface area contributed by atoms with E-state index in [-0.39, 0.29) is 11.8 Å². The summed E-state index contributed by atoms with van der Waals surface area (Å²) >= 11 is 19.6. The Labute approximate surface area is 186 Å². The Morgan fingerprint density at radius 2 is 1.90 bits per heavy atom. The van der Waals surface area contributed by atoms with Gasteiger partial charge in [-0.2, -0.15) is 0 Å². The molecule has 2 aromatic carbocycles. The van der Waals surface area contributed by atoms with Gasteiger partial charge in [-0.3, -0.25) is 9.59 Å². The maximum absolute atomic E-state index is 12.7. The summed E-state index contributed by atoms with van der Waals surface area (Å²) in [5.74, 6) is -0.546. The molecule has 0 radical (unpaired) electrons. The fourth-order valence-electron chi connectivity index (χ4n) is 2.98. The number of carbonyl (C=O) groups is 2. The summed E-state index contributed by atoms with van der Waals surface area (Å²) in [4.78, 5) is 29.5. The van der Waals surface area contributed by atoms with Gasteiger partial charge in [-0.15, -0.1) is 23.2 Å². The quantitative estimate of drug-likeness (QED) is 0.459. The lowest BCUT2D eigenvalue weighted by molar-refractivity contribution is -0.120. The molecule has 9 heteroatoms. The third-order valence-electron chi connectivity index (χ3n) is 5.09. The van der Waals surface area contributed by atoms with Crippen LogP contribution in [0.2, 0.25) is 5.02 Å². The highest BCUT2D eigenvalue weighted by Gasteiger charge is 2.68. The van der Waals surface area contributed by atoms with E-state index in [0.717, 1.165) is 10.3 Å². The molecule has 2 amide bonds. The summed E-state index contributed by atoms with van der Waals surface area (Å²) in [5, 5.41) is 6.53. The molecule has 150 valence electrons. The van der Waals surface area contributed by atoms with Crippen molar-refractivity contribution < 1.29 is 9.59 Å². The van der Waals surface area contributed by atoms with Crippen molar-refractivity contribution in [1.29, 1.82) is 0 Å². The normalized spacial score (nSPS) is 19.8. The number of thiazole rings is 1. The number of para-hydroxylation sites is 1. The van der Waals surface area contributed by atoms with Crippen molar-refractivity contribution >= 4 is 79.0 Å². The van der Waals surface area contributed by atoms with E-state index in [9.17, 15) is 9.59 Å². The van der Waals surface area contributed by atoms with Crippen LogP contribution in [0.15, 0.2) is 36.4 Å². The Balaban J connectivity index is 1.54. The van der Waals surface area contributed by atoms with Gasteiger partial charge in [0.1, 0.15) is 4.33 Å². The number of benzene rings is 2. The molecule has 1 unspecified atom stereocenters. The molecular weight excluding hydrogens is 453 g/mol. The molecule has 0 bridgehead atoms. The monoisotopic (exact) mass is 467 g/mol. The van der Waals surface area contributed by atoms with Crippen molar-refractivity contribution in [2.45, 2.75) is 24.6 Å². The molecule has 1 saturated carbocycles. The first kappa shape index (κ1) is 20.4. The van der Waals surface area contributed by atoms with Gasteiger partial charge in [0.2, 0.25) is 5.91 Å². The molecular formula is C20H16Cl3N3O2S. The topological polar surface area (TPSA) is 71.1 Å². The number of hydrogen-bond acceptors (Lipinski definition) is 4. The van der Waals surface area contributed by atoms with Crippen molar-refractivity contribution in [3.63, 3.8) is 0 Å². The molecule has 2 N–H and O–H groups in total. The van der Waals surface area contributed by atoms with Crippen LogP contribution < -0.4 is 10.6 Å². The lowest BCUT2D eigenvalue weighted by Gasteiger charge is -2.10. The highest BCUT2D eigenvalue weighted by atomic mass is 35.5. The molecule has 5 nitrogen and oxygen atoms in total. The first-order valence-electron chi connectivity index (χ1n) is 8.77. The standard InChI is InChI=1S/C20H16Cl3N3O2S/c1-10-4-3-5-12(21)15(10)25-16(27)11-6-7-13-14(8-11)29-18(24-13)26-17(28)19(2)9-20(19,22)23/h3-8H,9H2,1-2H3,(H,25,27)(H,24,26,28). The Bertz CT molecular complexity index is 1140. The number of halogens is 3. The van der Waals surface area contributed by atoms with Gasteiger partial charge in [-0.25, -0.2) is 4.98 Å². The minimum Gasteiger partial charge on any atom is -0.320 e. The van der Waals surface area contributed by atoms with E-state index in [2.05, 4.69) is 15.6 Å². The van der Waals surface area contributed by atoms with Gasteiger partial charge in [0.05, 0.1) is 26.3 Å². The van der Waals surface area contributed by atoms with E-state index in [1.54, 1.807) is 31.2 Å². The number of alkyl halides is 2. The van der Waals surface area contributed by atoms with E-state index < -0.39 is 9.75 Å². The van der Waals surface area contributed by atoms with Crippen molar-refractivity contribution in [3.05, 3.63) is 52.5 Å². The van der Waals surface area contributed by atoms with Crippen LogP contribution in [-0.4, -0.2) is 21.1 Å². The zero-order valence-electron chi connectivity index (χ0n) is 15.5. The van der Waals surface area contributed by atoms with E-state index in [1.165, 1.54) is 11.3 Å². The molecule has 29 heavy (non-hydrogen) atoms. The Morgan fingerprint density at radius 1 is 1.17 bits per heavy atom. The van der Waals surface area contributed by atoms with Crippen molar-refractivity contribution in [1.82, 2.24) is 4.98 Å². The zero-order chi connectivity index (χ0) is 21.0. The van der Waals surface area contributed by atoms with Crippen LogP contribution in [0.25, 0.3) is 10.2 Å². The number of fused-ring (bicyclic) bond motifs is 1. The van der Waals surface area contributed by atoms with E-state index in [1.807, 2.05) is 19.1 Å². The van der Waals surface area contributed by atoms with Crippen LogP contribution >= 0.6 is 46.1 Å². The van der Waals surface area contributed by atoms with Gasteiger partial charge in [-0.1, -0.05) is 35.1 Å². The Hall–Kier alpha value is -1.86. The van der Waals surface area contributed by atoms with Crippen LogP contribution in [0.1, 0.15) is 29.3 Å². The maximum Gasteiger partial charge on any atom is 0.255 e. The van der Waals surface area contributed by atoms with Crippen LogP contribution in [0, 0.1) is 12.3 Å². The molecule has 4 rings (SSSR count). The summed E-state index contributed by atoms with van der Waals surface area (Å²) in [6, 6.07) is 10.6. The first-order valence-corrected chi connectivity index (χ1v) is 10.7. The number of nitrogens with one attached hydrogen (secondary N) is 2.